The van der Waals surface area contributed by atoms with Gasteiger partial charge in [0.25, 0.3) is 0 Å². The fraction of sp³-hybridized carbons (Fsp3) is 0.273. The number of alkyl halides is 1. The van der Waals surface area contributed by atoms with Gasteiger partial charge in [-0.1, -0.05) is 6.07 Å². The summed E-state index contributed by atoms with van der Waals surface area (Å²) < 4.78 is 41.0. The van der Waals surface area contributed by atoms with Crippen LogP contribution in [0.1, 0.15) is 28.4 Å². The number of halogens is 3. The van der Waals surface area contributed by atoms with Crippen LogP contribution < -0.4 is 10.2 Å². The zero-order chi connectivity index (χ0) is 20.5. The fourth-order valence-electron chi connectivity index (χ4n) is 3.70. The molecule has 0 saturated heterocycles. The van der Waals surface area contributed by atoms with Crippen molar-refractivity contribution in [2.75, 3.05) is 23.4 Å². The number of anilines is 3. The van der Waals surface area contributed by atoms with Crippen LogP contribution in [0.3, 0.4) is 0 Å². The predicted molar refractivity (Wildman–Crippen MR) is 107 cm³/mol. The summed E-state index contributed by atoms with van der Waals surface area (Å²) in [6, 6.07) is 9.82. The molecule has 1 aromatic heterocycles. The summed E-state index contributed by atoms with van der Waals surface area (Å²) in [7, 11) is 0. The molecule has 1 atom stereocenters. The van der Waals surface area contributed by atoms with Crippen LogP contribution in [-0.4, -0.2) is 23.2 Å². The molecule has 2 heterocycles. The van der Waals surface area contributed by atoms with Crippen LogP contribution >= 0.6 is 0 Å². The Morgan fingerprint density at radius 3 is 2.48 bits per heavy atom. The Hall–Kier alpha value is -3.09. The van der Waals surface area contributed by atoms with E-state index in [2.05, 4.69) is 15.3 Å². The minimum Gasteiger partial charge on any atom is -0.346 e. The average molecular weight is 398 g/mol. The second-order valence-corrected chi connectivity index (χ2v) is 7.17. The van der Waals surface area contributed by atoms with E-state index in [0.29, 0.717) is 36.0 Å². The maximum atomic E-state index is 14.1. The van der Waals surface area contributed by atoms with Crippen molar-refractivity contribution in [3.8, 4) is 0 Å². The molecule has 1 unspecified atom stereocenters. The van der Waals surface area contributed by atoms with E-state index >= 15 is 0 Å². The molecule has 0 saturated carbocycles. The van der Waals surface area contributed by atoms with Crippen LogP contribution in [0.4, 0.5) is 30.6 Å². The minimum atomic E-state index is -0.653. The first-order valence-electron chi connectivity index (χ1n) is 9.45. The van der Waals surface area contributed by atoms with Crippen LogP contribution in [0.25, 0.3) is 0 Å². The summed E-state index contributed by atoms with van der Waals surface area (Å²) in [5.74, 6) is 0.248. The van der Waals surface area contributed by atoms with Crippen LogP contribution in [0.15, 0.2) is 42.5 Å². The van der Waals surface area contributed by atoms with Gasteiger partial charge in [-0.25, -0.2) is 18.2 Å². The molecule has 4 nitrogen and oxygen atoms in total. The SMILES string of the molecule is Cc1nc(Nc2ccc(F)cc2)nc(N2CCc3ccc(F)cc3C2CF)c1C. The topological polar surface area (TPSA) is 41.1 Å². The highest BCUT2D eigenvalue weighted by Gasteiger charge is 2.30. The lowest BCUT2D eigenvalue weighted by atomic mass is 9.92. The molecule has 150 valence electrons. The zero-order valence-corrected chi connectivity index (χ0v) is 16.2. The van der Waals surface area contributed by atoms with E-state index in [4.69, 9.17) is 0 Å². The molecule has 0 aliphatic carbocycles. The van der Waals surface area contributed by atoms with E-state index in [-0.39, 0.29) is 11.6 Å². The summed E-state index contributed by atoms with van der Waals surface area (Å²) >= 11 is 0. The van der Waals surface area contributed by atoms with E-state index in [1.807, 2.05) is 18.7 Å². The van der Waals surface area contributed by atoms with E-state index in [1.165, 1.54) is 24.3 Å². The molecular formula is C22H21F3N4. The molecule has 1 aliphatic heterocycles. The maximum Gasteiger partial charge on any atom is 0.229 e. The lowest BCUT2D eigenvalue weighted by Crippen LogP contribution is -2.38. The number of hydrogen-bond acceptors (Lipinski definition) is 4. The van der Waals surface area contributed by atoms with Crippen molar-refractivity contribution in [3.63, 3.8) is 0 Å². The molecule has 4 rings (SSSR count). The first kappa shape index (κ1) is 19.2. The summed E-state index contributed by atoms with van der Waals surface area (Å²) in [5.41, 5.74) is 3.85. The minimum absolute atomic E-state index is 0.331. The highest BCUT2D eigenvalue weighted by atomic mass is 19.1. The van der Waals surface area contributed by atoms with Gasteiger partial charge in [-0.15, -0.1) is 0 Å². The Labute approximate surface area is 167 Å². The van der Waals surface area contributed by atoms with Gasteiger partial charge in [-0.3, -0.25) is 0 Å². The Balaban J connectivity index is 1.72. The van der Waals surface area contributed by atoms with Gasteiger partial charge in [-0.2, -0.15) is 4.98 Å². The third kappa shape index (κ3) is 3.77. The van der Waals surface area contributed by atoms with Gasteiger partial charge in [-0.05, 0) is 67.8 Å². The van der Waals surface area contributed by atoms with Crippen molar-refractivity contribution in [1.29, 1.82) is 0 Å². The van der Waals surface area contributed by atoms with Crippen molar-refractivity contribution in [2.24, 2.45) is 0 Å². The molecule has 0 radical (unpaired) electrons. The monoisotopic (exact) mass is 398 g/mol. The second kappa shape index (κ2) is 7.73. The van der Waals surface area contributed by atoms with Gasteiger partial charge in [0.1, 0.15) is 24.1 Å². The van der Waals surface area contributed by atoms with Gasteiger partial charge >= 0.3 is 0 Å². The Morgan fingerprint density at radius 2 is 1.76 bits per heavy atom. The van der Waals surface area contributed by atoms with Crippen molar-refractivity contribution < 1.29 is 13.2 Å². The molecule has 1 aliphatic rings. The van der Waals surface area contributed by atoms with Crippen LogP contribution in [0.5, 0.6) is 0 Å². The largest absolute Gasteiger partial charge is 0.346 e. The Kier molecular flexibility index (Phi) is 5.13. The quantitative estimate of drug-likeness (QED) is 0.657. The molecular weight excluding hydrogens is 377 g/mol. The lowest BCUT2D eigenvalue weighted by Gasteiger charge is -2.37. The van der Waals surface area contributed by atoms with Crippen molar-refractivity contribution in [3.05, 3.63) is 76.5 Å². The number of nitrogens with zero attached hydrogens (tertiary/aromatic N) is 3. The molecule has 3 aromatic rings. The number of aryl methyl sites for hydroxylation is 1. The first-order chi connectivity index (χ1) is 14.0. The van der Waals surface area contributed by atoms with E-state index in [9.17, 15) is 13.2 Å². The van der Waals surface area contributed by atoms with Gasteiger partial charge < -0.3 is 10.2 Å². The van der Waals surface area contributed by atoms with Gasteiger partial charge in [0.2, 0.25) is 5.95 Å². The Morgan fingerprint density at radius 1 is 1.03 bits per heavy atom. The summed E-state index contributed by atoms with van der Waals surface area (Å²) in [5, 5.41) is 3.07. The van der Waals surface area contributed by atoms with E-state index in [0.717, 1.165) is 16.8 Å². The van der Waals surface area contributed by atoms with Crippen molar-refractivity contribution >= 4 is 17.5 Å². The van der Waals surface area contributed by atoms with Crippen molar-refractivity contribution in [2.45, 2.75) is 26.3 Å². The number of rotatable bonds is 4. The Bertz CT molecular complexity index is 1040. The third-order valence-corrected chi connectivity index (χ3v) is 5.35. The molecule has 1 N–H and O–H groups in total. The summed E-state index contributed by atoms with van der Waals surface area (Å²) in [6.45, 7) is 3.67. The fourth-order valence-corrected chi connectivity index (χ4v) is 3.70. The predicted octanol–water partition coefficient (Wildman–Crippen LogP) is 5.19. The van der Waals surface area contributed by atoms with Gasteiger partial charge in [0, 0.05) is 23.5 Å². The number of aromatic nitrogens is 2. The van der Waals surface area contributed by atoms with Crippen molar-refractivity contribution in [1.82, 2.24) is 9.97 Å². The third-order valence-electron chi connectivity index (χ3n) is 5.35. The normalized spacial score (nSPS) is 15.9. The van der Waals surface area contributed by atoms with Gasteiger partial charge in [0.15, 0.2) is 0 Å². The highest BCUT2D eigenvalue weighted by molar-refractivity contribution is 5.59. The lowest BCUT2D eigenvalue weighted by molar-refractivity contribution is 0.403. The average Bonchev–Trinajstić information content (AvgIpc) is 2.71. The zero-order valence-electron chi connectivity index (χ0n) is 16.2. The first-order valence-corrected chi connectivity index (χ1v) is 9.45. The van der Waals surface area contributed by atoms with Crippen LogP contribution in [0, 0.1) is 25.5 Å². The molecule has 29 heavy (non-hydrogen) atoms. The highest BCUT2D eigenvalue weighted by Crippen LogP contribution is 2.36. The van der Waals surface area contributed by atoms with Crippen LogP contribution in [0.2, 0.25) is 0 Å². The maximum absolute atomic E-state index is 14.1. The number of hydrogen-bond donors (Lipinski definition) is 1. The number of fused-ring (bicyclic) bond motifs is 1. The molecule has 0 spiro atoms. The molecule has 7 heteroatoms. The number of nitrogens with one attached hydrogen (secondary N) is 1. The van der Waals surface area contributed by atoms with E-state index < -0.39 is 12.7 Å². The molecule has 0 amide bonds. The smallest absolute Gasteiger partial charge is 0.229 e. The molecule has 0 fully saturated rings. The standard InChI is InChI=1S/C22H21F3N4/c1-13-14(2)26-22(27-18-7-5-16(24)6-8-18)28-21(13)29-10-9-15-3-4-17(25)11-19(15)20(29)12-23/h3-8,11,20H,9-10,12H2,1-2H3,(H,26,27,28). The summed E-state index contributed by atoms with van der Waals surface area (Å²) in [6.07, 6.45) is 0.676. The second-order valence-electron chi connectivity index (χ2n) is 7.17. The molecule has 2 aromatic carbocycles. The van der Waals surface area contributed by atoms with E-state index in [1.54, 1.807) is 18.2 Å². The molecule has 0 bridgehead atoms. The number of benzene rings is 2. The summed E-state index contributed by atoms with van der Waals surface area (Å²) in [4.78, 5) is 11.0. The van der Waals surface area contributed by atoms with Crippen LogP contribution in [-0.2, 0) is 6.42 Å². The van der Waals surface area contributed by atoms with Gasteiger partial charge in [0.05, 0.1) is 6.04 Å².